The van der Waals surface area contributed by atoms with Crippen molar-refractivity contribution in [2.75, 3.05) is 11.1 Å². The third-order valence-corrected chi connectivity index (χ3v) is 1.71. The number of anilines is 3. The summed E-state index contributed by atoms with van der Waals surface area (Å²) in [7, 11) is 0. The molecule has 0 bridgehead atoms. The quantitative estimate of drug-likeness (QED) is 0.750. The van der Waals surface area contributed by atoms with Gasteiger partial charge in [-0.25, -0.2) is 4.98 Å². The van der Waals surface area contributed by atoms with Crippen LogP contribution in [0.2, 0.25) is 0 Å². The van der Waals surface area contributed by atoms with Crippen LogP contribution in [0.4, 0.5) is 17.5 Å². The van der Waals surface area contributed by atoms with Crippen LogP contribution >= 0.6 is 0 Å². The highest BCUT2D eigenvalue weighted by molar-refractivity contribution is 5.53. The van der Waals surface area contributed by atoms with Gasteiger partial charge in [-0.15, -0.1) is 0 Å². The van der Waals surface area contributed by atoms with E-state index in [-0.39, 0.29) is 0 Å². The Morgan fingerprint density at radius 2 is 1.86 bits per heavy atom. The molecule has 0 aliphatic carbocycles. The van der Waals surface area contributed by atoms with Crippen LogP contribution in [0, 0.1) is 0 Å². The molecule has 0 aliphatic heterocycles. The molecular formula is C10H10N4. The number of hydrogen-bond donors (Lipinski definition) is 2. The zero-order valence-electron chi connectivity index (χ0n) is 7.51. The lowest BCUT2D eigenvalue weighted by Gasteiger charge is -2.03. The predicted molar refractivity (Wildman–Crippen MR) is 56.2 cm³/mol. The van der Waals surface area contributed by atoms with Gasteiger partial charge in [0.1, 0.15) is 5.82 Å². The summed E-state index contributed by atoms with van der Waals surface area (Å²) in [5.41, 5.74) is 6.46. The fourth-order valence-corrected chi connectivity index (χ4v) is 1.08. The van der Waals surface area contributed by atoms with Crippen molar-refractivity contribution in [2.45, 2.75) is 0 Å². The smallest absolute Gasteiger partial charge is 0.229 e. The fraction of sp³-hybridized carbons (Fsp3) is 0. The van der Waals surface area contributed by atoms with Crippen molar-refractivity contribution in [3.05, 3.63) is 42.6 Å². The Bertz CT molecular complexity index is 413. The molecule has 2 rings (SSSR count). The molecule has 14 heavy (non-hydrogen) atoms. The fourth-order valence-electron chi connectivity index (χ4n) is 1.08. The monoisotopic (exact) mass is 186 g/mol. The number of aromatic nitrogens is 2. The first-order chi connectivity index (χ1) is 6.84. The molecule has 0 fully saturated rings. The zero-order chi connectivity index (χ0) is 9.80. The second-order valence-corrected chi connectivity index (χ2v) is 2.80. The van der Waals surface area contributed by atoms with E-state index < -0.39 is 0 Å². The summed E-state index contributed by atoms with van der Waals surface area (Å²) < 4.78 is 0. The van der Waals surface area contributed by atoms with Crippen molar-refractivity contribution < 1.29 is 0 Å². The van der Waals surface area contributed by atoms with Gasteiger partial charge in [0.25, 0.3) is 0 Å². The van der Waals surface area contributed by atoms with Crippen LogP contribution in [0.1, 0.15) is 0 Å². The molecule has 0 atom stereocenters. The molecule has 0 spiro atoms. The van der Waals surface area contributed by atoms with E-state index in [1.54, 1.807) is 12.3 Å². The lowest BCUT2D eigenvalue weighted by atomic mass is 10.3. The second-order valence-electron chi connectivity index (χ2n) is 2.80. The summed E-state index contributed by atoms with van der Waals surface area (Å²) in [6.07, 6.45) is 1.62. The van der Waals surface area contributed by atoms with E-state index in [1.165, 1.54) is 0 Å². The molecular weight excluding hydrogens is 176 g/mol. The van der Waals surface area contributed by atoms with Crippen molar-refractivity contribution >= 4 is 17.5 Å². The molecule has 0 amide bonds. The third kappa shape index (κ3) is 1.98. The molecule has 3 N–H and O–H groups in total. The molecule has 0 saturated carbocycles. The third-order valence-electron chi connectivity index (χ3n) is 1.71. The van der Waals surface area contributed by atoms with Crippen LogP contribution in [0.25, 0.3) is 0 Å². The van der Waals surface area contributed by atoms with E-state index in [0.29, 0.717) is 11.8 Å². The Morgan fingerprint density at radius 1 is 1.07 bits per heavy atom. The van der Waals surface area contributed by atoms with Gasteiger partial charge in [-0.05, 0) is 18.2 Å². The van der Waals surface area contributed by atoms with Gasteiger partial charge in [-0.2, -0.15) is 4.98 Å². The van der Waals surface area contributed by atoms with E-state index in [1.807, 2.05) is 30.3 Å². The molecule has 0 unspecified atom stereocenters. The maximum absolute atomic E-state index is 5.52. The van der Waals surface area contributed by atoms with Crippen molar-refractivity contribution in [3.63, 3.8) is 0 Å². The van der Waals surface area contributed by atoms with Crippen LogP contribution < -0.4 is 11.1 Å². The van der Waals surface area contributed by atoms with Crippen molar-refractivity contribution in [2.24, 2.45) is 0 Å². The summed E-state index contributed by atoms with van der Waals surface area (Å²) in [6.45, 7) is 0. The first-order valence-electron chi connectivity index (χ1n) is 4.25. The molecule has 0 aliphatic rings. The van der Waals surface area contributed by atoms with Crippen LogP contribution in [-0.2, 0) is 0 Å². The number of nitrogens with one attached hydrogen (secondary N) is 1. The van der Waals surface area contributed by atoms with Gasteiger partial charge in [0, 0.05) is 11.9 Å². The number of nitrogen functional groups attached to an aromatic ring is 1. The van der Waals surface area contributed by atoms with Crippen LogP contribution in [-0.4, -0.2) is 9.97 Å². The maximum Gasteiger partial charge on any atom is 0.229 e. The Morgan fingerprint density at radius 3 is 2.57 bits per heavy atom. The predicted octanol–water partition coefficient (Wildman–Crippen LogP) is 1.80. The van der Waals surface area contributed by atoms with Crippen molar-refractivity contribution in [1.29, 1.82) is 0 Å². The highest BCUT2D eigenvalue weighted by Crippen LogP contribution is 2.11. The molecule has 70 valence electrons. The Labute approximate surface area is 81.8 Å². The molecule has 2 aromatic rings. The summed E-state index contributed by atoms with van der Waals surface area (Å²) in [4.78, 5) is 8.06. The van der Waals surface area contributed by atoms with Crippen molar-refractivity contribution in [1.82, 2.24) is 9.97 Å². The molecule has 1 aromatic heterocycles. The van der Waals surface area contributed by atoms with Crippen LogP contribution in [0.3, 0.4) is 0 Å². The van der Waals surface area contributed by atoms with Crippen molar-refractivity contribution in [3.8, 4) is 0 Å². The summed E-state index contributed by atoms with van der Waals surface area (Å²) in [5.74, 6) is 0.967. The molecule has 4 heteroatoms. The highest BCUT2D eigenvalue weighted by Gasteiger charge is 1.95. The Hall–Kier alpha value is -2.10. The summed E-state index contributed by atoms with van der Waals surface area (Å²) >= 11 is 0. The number of benzene rings is 1. The Kier molecular flexibility index (Phi) is 2.27. The van der Waals surface area contributed by atoms with Crippen LogP contribution in [0.5, 0.6) is 0 Å². The topological polar surface area (TPSA) is 63.8 Å². The molecule has 1 aromatic carbocycles. The van der Waals surface area contributed by atoms with Crippen LogP contribution in [0.15, 0.2) is 42.6 Å². The number of nitrogens with zero attached hydrogens (tertiary/aromatic N) is 2. The lowest BCUT2D eigenvalue weighted by molar-refractivity contribution is 1.17. The van der Waals surface area contributed by atoms with E-state index >= 15 is 0 Å². The van der Waals surface area contributed by atoms with E-state index in [4.69, 9.17) is 5.73 Å². The van der Waals surface area contributed by atoms with E-state index in [9.17, 15) is 0 Å². The molecule has 4 nitrogen and oxygen atoms in total. The summed E-state index contributed by atoms with van der Waals surface area (Å²) in [5, 5.41) is 3.04. The van der Waals surface area contributed by atoms with Gasteiger partial charge >= 0.3 is 0 Å². The number of para-hydroxylation sites is 1. The number of hydrogen-bond acceptors (Lipinski definition) is 4. The summed E-state index contributed by atoms with van der Waals surface area (Å²) in [6, 6.07) is 11.4. The van der Waals surface area contributed by atoms with E-state index in [0.717, 1.165) is 5.69 Å². The zero-order valence-corrected chi connectivity index (χ0v) is 7.51. The lowest BCUT2D eigenvalue weighted by Crippen LogP contribution is -1.98. The Balaban J connectivity index is 2.19. The second kappa shape index (κ2) is 3.74. The molecule has 0 radical (unpaired) electrons. The average Bonchev–Trinajstić information content (AvgIpc) is 2.19. The van der Waals surface area contributed by atoms with Gasteiger partial charge < -0.3 is 11.1 Å². The minimum Gasteiger partial charge on any atom is -0.384 e. The van der Waals surface area contributed by atoms with E-state index in [2.05, 4.69) is 15.3 Å². The minimum absolute atomic E-state index is 0.457. The standard InChI is InChI=1S/C10H10N4/c11-9-6-7-12-10(14-9)13-8-4-2-1-3-5-8/h1-7H,(H3,11,12,13,14). The average molecular weight is 186 g/mol. The number of rotatable bonds is 2. The van der Waals surface area contributed by atoms with Gasteiger partial charge in [0.05, 0.1) is 0 Å². The maximum atomic E-state index is 5.52. The van der Waals surface area contributed by atoms with Gasteiger partial charge in [-0.1, -0.05) is 18.2 Å². The molecule has 1 heterocycles. The van der Waals surface area contributed by atoms with Gasteiger partial charge in [-0.3, -0.25) is 0 Å². The first-order valence-corrected chi connectivity index (χ1v) is 4.25. The SMILES string of the molecule is Nc1ccnc(Nc2ccccc2)n1. The highest BCUT2D eigenvalue weighted by atomic mass is 15.1. The number of nitrogens with two attached hydrogens (primary N) is 1. The normalized spacial score (nSPS) is 9.71. The molecule has 0 saturated heterocycles. The van der Waals surface area contributed by atoms with Gasteiger partial charge in [0.2, 0.25) is 5.95 Å². The van der Waals surface area contributed by atoms with Gasteiger partial charge in [0.15, 0.2) is 0 Å². The largest absolute Gasteiger partial charge is 0.384 e. The first kappa shape index (κ1) is 8.50. The minimum atomic E-state index is 0.457.